The Morgan fingerprint density at radius 3 is 2.27 bits per heavy atom. The van der Waals surface area contributed by atoms with Crippen LogP contribution in [-0.2, 0) is 24.2 Å². The normalized spacial score (nSPS) is 32.1. The van der Waals surface area contributed by atoms with Crippen molar-refractivity contribution in [2.24, 2.45) is 0 Å². The maximum absolute atomic E-state index is 13.8. The van der Waals surface area contributed by atoms with Crippen molar-refractivity contribution in [2.75, 3.05) is 39.0 Å². The van der Waals surface area contributed by atoms with Crippen LogP contribution >= 0.6 is 0 Å². The fraction of sp³-hybridized carbons (Fsp3) is 0.714. The maximum Gasteiger partial charge on any atom is 0.252 e. The molecule has 0 aliphatic carbocycles. The smallest absolute Gasteiger partial charge is 0.252 e. The molecule has 0 N–H and O–H groups in total. The molecule has 2 amide bonds. The van der Waals surface area contributed by atoms with Gasteiger partial charge in [-0.1, -0.05) is 12.1 Å². The van der Waals surface area contributed by atoms with Gasteiger partial charge in [-0.2, -0.15) is 0 Å². The number of benzene rings is 1. The van der Waals surface area contributed by atoms with E-state index >= 15 is 0 Å². The summed E-state index contributed by atoms with van der Waals surface area (Å²) in [5.41, 5.74) is 1.12. The number of rotatable bonds is 3. The summed E-state index contributed by atoms with van der Waals surface area (Å²) in [4.78, 5) is 31.4. The first-order valence-corrected chi connectivity index (χ1v) is 15.9. The molecule has 5 unspecified atom stereocenters. The van der Waals surface area contributed by atoms with Gasteiger partial charge in [-0.05, 0) is 69.6 Å². The molecule has 4 saturated heterocycles. The third kappa shape index (κ3) is 5.06. The molecule has 204 valence electrons. The van der Waals surface area contributed by atoms with E-state index in [9.17, 15) is 18.0 Å². The number of amides is 2. The fourth-order valence-electron chi connectivity index (χ4n) is 7.61. The van der Waals surface area contributed by atoms with Crippen molar-refractivity contribution in [3.8, 4) is 0 Å². The van der Waals surface area contributed by atoms with Crippen molar-refractivity contribution in [1.82, 2.24) is 9.80 Å². The molecule has 8 nitrogen and oxygen atoms in total. The number of piperazine rings is 1. The largest absolute Gasteiger partial charge is 0.368 e. The first-order valence-electron chi connectivity index (χ1n) is 14.0. The highest BCUT2D eigenvalue weighted by molar-refractivity contribution is 7.90. The number of carbonyl (C=O) groups is 2. The molecular weight excluding hydrogens is 490 g/mol. The van der Waals surface area contributed by atoms with Gasteiger partial charge in [0.2, 0.25) is 5.91 Å². The second-order valence-corrected chi connectivity index (χ2v) is 13.8. The molecule has 1 spiro atoms. The zero-order chi connectivity index (χ0) is 26.4. The average Bonchev–Trinajstić information content (AvgIpc) is 3.30. The number of piperidine rings is 1. The second kappa shape index (κ2) is 10.3. The van der Waals surface area contributed by atoms with Crippen LogP contribution in [0.15, 0.2) is 29.2 Å². The second-order valence-electron chi connectivity index (χ2n) is 11.8. The number of sulfone groups is 1. The molecule has 37 heavy (non-hydrogen) atoms. The van der Waals surface area contributed by atoms with Crippen molar-refractivity contribution in [2.45, 2.75) is 94.0 Å². The molecule has 4 aliphatic rings. The molecule has 0 bridgehead atoms. The van der Waals surface area contributed by atoms with Crippen molar-refractivity contribution >= 4 is 21.7 Å². The van der Waals surface area contributed by atoms with Crippen LogP contribution in [0.25, 0.3) is 0 Å². The molecule has 1 aromatic carbocycles. The topological polar surface area (TPSA) is 84.0 Å². The quantitative estimate of drug-likeness (QED) is 0.559. The van der Waals surface area contributed by atoms with Gasteiger partial charge in [-0.15, -0.1) is 0 Å². The van der Waals surface area contributed by atoms with E-state index in [0.29, 0.717) is 18.0 Å². The van der Waals surface area contributed by atoms with Gasteiger partial charge in [0.1, 0.15) is 12.1 Å². The van der Waals surface area contributed by atoms with E-state index in [1.54, 1.807) is 19.1 Å². The lowest BCUT2D eigenvalue weighted by molar-refractivity contribution is -0.969. The summed E-state index contributed by atoms with van der Waals surface area (Å²) in [7, 11) is -3.27. The molecule has 1 aromatic rings. The van der Waals surface area contributed by atoms with Crippen LogP contribution in [0.4, 0.5) is 0 Å². The summed E-state index contributed by atoms with van der Waals surface area (Å²) in [6.07, 6.45) is 7.83. The molecule has 9 heteroatoms. The summed E-state index contributed by atoms with van der Waals surface area (Å²) in [5, 5.41) is 0. The van der Waals surface area contributed by atoms with Gasteiger partial charge in [0.15, 0.2) is 16.0 Å². The molecule has 0 aromatic heterocycles. The summed E-state index contributed by atoms with van der Waals surface area (Å²) in [6, 6.07) is 7.19. The van der Waals surface area contributed by atoms with E-state index < -0.39 is 9.84 Å². The van der Waals surface area contributed by atoms with E-state index in [-0.39, 0.29) is 42.1 Å². The van der Waals surface area contributed by atoms with Gasteiger partial charge in [0.25, 0.3) is 5.91 Å². The van der Waals surface area contributed by atoms with E-state index in [1.165, 1.54) is 19.1 Å². The highest BCUT2D eigenvalue weighted by Crippen LogP contribution is 2.44. The molecular formula is C28H42N3O5S+. The number of quaternary nitrogens is 1. The van der Waals surface area contributed by atoms with Crippen molar-refractivity contribution in [1.29, 1.82) is 0 Å². The minimum Gasteiger partial charge on any atom is -0.368 e. The summed E-state index contributed by atoms with van der Waals surface area (Å²) in [6.45, 7) is 7.81. The average molecular weight is 533 g/mol. The SMILES string of the molecule is CC(=O)N1C(C)CN(C(=O)C2CCCO2)C2CC(c3ccc(S(C)(=O)=O)cc3)C[N+]3(CCCCCC3)C21. The first kappa shape index (κ1) is 26.6. The third-order valence-electron chi connectivity index (χ3n) is 9.22. The number of nitrogens with zero attached hydrogens (tertiary/aromatic N) is 3. The van der Waals surface area contributed by atoms with Crippen LogP contribution in [0.3, 0.4) is 0 Å². The highest BCUT2D eigenvalue weighted by Gasteiger charge is 2.58. The van der Waals surface area contributed by atoms with Crippen molar-refractivity contribution in [3.63, 3.8) is 0 Å². The Labute approximate surface area is 221 Å². The van der Waals surface area contributed by atoms with Crippen LogP contribution in [0, 0.1) is 0 Å². The van der Waals surface area contributed by atoms with Gasteiger partial charge in [-0.3, -0.25) is 14.5 Å². The fourth-order valence-corrected chi connectivity index (χ4v) is 8.24. The Morgan fingerprint density at radius 2 is 1.70 bits per heavy atom. The number of fused-ring (bicyclic) bond motifs is 2. The summed E-state index contributed by atoms with van der Waals surface area (Å²) in [5.74, 6) is 0.336. The molecule has 0 radical (unpaired) electrons. The predicted molar refractivity (Wildman–Crippen MR) is 140 cm³/mol. The molecule has 4 fully saturated rings. The van der Waals surface area contributed by atoms with E-state index in [1.807, 2.05) is 12.1 Å². The first-order chi connectivity index (χ1) is 17.6. The number of carbonyl (C=O) groups excluding carboxylic acids is 2. The van der Waals surface area contributed by atoms with Crippen LogP contribution in [0.1, 0.15) is 70.3 Å². The molecule has 5 rings (SSSR count). The van der Waals surface area contributed by atoms with E-state index in [4.69, 9.17) is 4.74 Å². The minimum absolute atomic E-state index is 0.0482. The van der Waals surface area contributed by atoms with Gasteiger partial charge in [0.05, 0.1) is 30.6 Å². The molecule has 5 atom stereocenters. The van der Waals surface area contributed by atoms with Gasteiger partial charge in [0, 0.05) is 32.2 Å². The summed E-state index contributed by atoms with van der Waals surface area (Å²) < 4.78 is 30.8. The molecule has 0 saturated carbocycles. The Balaban J connectivity index is 1.57. The third-order valence-corrected chi connectivity index (χ3v) is 10.4. The van der Waals surface area contributed by atoms with Gasteiger partial charge < -0.3 is 14.1 Å². The monoisotopic (exact) mass is 532 g/mol. The van der Waals surface area contributed by atoms with Crippen molar-refractivity contribution in [3.05, 3.63) is 29.8 Å². The van der Waals surface area contributed by atoms with E-state index in [0.717, 1.165) is 61.8 Å². The maximum atomic E-state index is 13.8. The van der Waals surface area contributed by atoms with Crippen LogP contribution in [0.2, 0.25) is 0 Å². The predicted octanol–water partition coefficient (Wildman–Crippen LogP) is 2.92. The van der Waals surface area contributed by atoms with Crippen molar-refractivity contribution < 1.29 is 27.2 Å². The lowest BCUT2D eigenvalue weighted by Gasteiger charge is -2.61. The zero-order valence-corrected chi connectivity index (χ0v) is 23.3. The Morgan fingerprint density at radius 1 is 1.03 bits per heavy atom. The Kier molecular flexibility index (Phi) is 7.41. The number of hydrogen-bond acceptors (Lipinski definition) is 5. The van der Waals surface area contributed by atoms with Crippen LogP contribution in [0.5, 0.6) is 0 Å². The molecule has 4 heterocycles. The van der Waals surface area contributed by atoms with E-state index in [2.05, 4.69) is 16.7 Å². The highest BCUT2D eigenvalue weighted by atomic mass is 32.2. The summed E-state index contributed by atoms with van der Waals surface area (Å²) >= 11 is 0. The standard InChI is InChI=1S/C28H42N3O5S/c1-20-18-29(28(33)26-9-8-16-36-26)25-17-23(22-10-12-24(13-11-22)37(3,34)35)19-31(14-6-4-5-7-15-31)27(25)30(20)21(2)32/h10-13,20,23,25-27H,4-9,14-19H2,1-3H3/q+1. The van der Waals surface area contributed by atoms with Crippen LogP contribution < -0.4 is 0 Å². The van der Waals surface area contributed by atoms with Gasteiger partial charge in [-0.25, -0.2) is 8.42 Å². The lowest BCUT2D eigenvalue weighted by Crippen LogP contribution is -2.79. The van der Waals surface area contributed by atoms with Gasteiger partial charge >= 0.3 is 0 Å². The lowest BCUT2D eigenvalue weighted by atomic mass is 9.81. The number of ether oxygens (including phenoxy) is 1. The Bertz CT molecular complexity index is 1110. The number of hydrogen-bond donors (Lipinski definition) is 0. The molecule has 4 aliphatic heterocycles. The Hall–Kier alpha value is -1.97. The zero-order valence-electron chi connectivity index (χ0n) is 22.5. The minimum atomic E-state index is -3.27. The van der Waals surface area contributed by atoms with Crippen LogP contribution in [-0.4, -0.2) is 97.9 Å².